The van der Waals surface area contributed by atoms with Gasteiger partial charge in [0.2, 0.25) is 12.8 Å². The normalized spacial score (nSPS) is 15.9. The van der Waals surface area contributed by atoms with E-state index in [1.54, 1.807) is 23.2 Å². The standard InChI is InChI=1S/C17H17N3O3.C2H6/c21-11-19-17-10-15(6-7-18-17)23-14-4-1-5-16-13(9-14)3-2-8-20(16)12-22;1-2/h1,4,6-7,9-12H,2-3,5,8H2,(H,18,19,21);1-2H3. The van der Waals surface area contributed by atoms with Crippen molar-refractivity contribution in [1.82, 2.24) is 9.88 Å². The third kappa shape index (κ3) is 4.79. The lowest BCUT2D eigenvalue weighted by molar-refractivity contribution is -0.116. The molecular weight excluding hydrogens is 318 g/mol. The monoisotopic (exact) mass is 341 g/mol. The number of hydrogen-bond donors (Lipinski definition) is 1. The number of hydrogen-bond acceptors (Lipinski definition) is 4. The first kappa shape index (κ1) is 18.4. The Morgan fingerprint density at radius 3 is 2.92 bits per heavy atom. The van der Waals surface area contributed by atoms with Crippen molar-refractivity contribution in [2.75, 3.05) is 11.9 Å². The molecule has 1 aliphatic heterocycles. The van der Waals surface area contributed by atoms with Gasteiger partial charge in [-0.2, -0.15) is 0 Å². The first-order valence-electron chi connectivity index (χ1n) is 8.46. The van der Waals surface area contributed by atoms with Gasteiger partial charge in [0.25, 0.3) is 0 Å². The molecule has 6 nitrogen and oxygen atoms in total. The second-order valence-electron chi connectivity index (χ2n) is 5.27. The molecule has 1 aromatic heterocycles. The Morgan fingerprint density at radius 2 is 2.16 bits per heavy atom. The van der Waals surface area contributed by atoms with Crippen LogP contribution in [0.25, 0.3) is 0 Å². The van der Waals surface area contributed by atoms with Crippen molar-refractivity contribution >= 4 is 18.6 Å². The Kier molecular flexibility index (Phi) is 6.95. The second-order valence-corrected chi connectivity index (χ2v) is 5.27. The number of rotatable bonds is 5. The SMILES string of the molecule is CC.O=CNc1cc(OC2=CC3=C(CC=C2)N(C=O)CCC3)ccn1. The molecule has 6 heteroatoms. The highest BCUT2D eigenvalue weighted by Gasteiger charge is 2.19. The summed E-state index contributed by atoms with van der Waals surface area (Å²) < 4.78 is 5.88. The van der Waals surface area contributed by atoms with E-state index < -0.39 is 0 Å². The lowest BCUT2D eigenvalue weighted by Crippen LogP contribution is -2.27. The predicted molar refractivity (Wildman–Crippen MR) is 96.8 cm³/mol. The van der Waals surface area contributed by atoms with E-state index in [2.05, 4.69) is 10.3 Å². The maximum Gasteiger partial charge on any atom is 0.213 e. The van der Waals surface area contributed by atoms with Crippen molar-refractivity contribution in [1.29, 1.82) is 0 Å². The average Bonchev–Trinajstić information content (AvgIpc) is 2.85. The van der Waals surface area contributed by atoms with Gasteiger partial charge in [-0.3, -0.25) is 9.59 Å². The van der Waals surface area contributed by atoms with Crippen LogP contribution in [0, 0.1) is 0 Å². The largest absolute Gasteiger partial charge is 0.457 e. The molecule has 2 aliphatic rings. The number of amides is 2. The lowest BCUT2D eigenvalue weighted by Gasteiger charge is -2.27. The first-order valence-corrected chi connectivity index (χ1v) is 8.46. The van der Waals surface area contributed by atoms with Gasteiger partial charge in [-0.25, -0.2) is 4.98 Å². The molecule has 132 valence electrons. The molecule has 25 heavy (non-hydrogen) atoms. The van der Waals surface area contributed by atoms with Crippen LogP contribution < -0.4 is 10.1 Å². The molecule has 0 aromatic carbocycles. The second kappa shape index (κ2) is 9.42. The number of aromatic nitrogens is 1. The summed E-state index contributed by atoms with van der Waals surface area (Å²) in [6, 6.07) is 3.38. The van der Waals surface area contributed by atoms with Crippen LogP contribution in [0.5, 0.6) is 5.75 Å². The van der Waals surface area contributed by atoms with Gasteiger partial charge in [-0.15, -0.1) is 0 Å². The molecule has 0 fully saturated rings. The summed E-state index contributed by atoms with van der Waals surface area (Å²) >= 11 is 0. The summed E-state index contributed by atoms with van der Waals surface area (Å²) in [6.45, 7) is 4.77. The van der Waals surface area contributed by atoms with E-state index in [0.717, 1.165) is 37.1 Å². The van der Waals surface area contributed by atoms with Crippen LogP contribution in [0.4, 0.5) is 5.82 Å². The number of ether oxygens (including phenoxy) is 1. The molecule has 3 rings (SSSR count). The van der Waals surface area contributed by atoms with Crippen LogP contribution in [0.1, 0.15) is 33.1 Å². The zero-order valence-corrected chi connectivity index (χ0v) is 14.6. The van der Waals surface area contributed by atoms with Crippen LogP contribution in [-0.2, 0) is 9.59 Å². The van der Waals surface area contributed by atoms with E-state index in [1.807, 2.05) is 32.1 Å². The zero-order valence-electron chi connectivity index (χ0n) is 14.6. The van der Waals surface area contributed by atoms with Gasteiger partial charge in [-0.05, 0) is 36.6 Å². The van der Waals surface area contributed by atoms with E-state index in [4.69, 9.17) is 4.74 Å². The Balaban J connectivity index is 0.00000109. The van der Waals surface area contributed by atoms with Gasteiger partial charge in [0.05, 0.1) is 0 Å². The van der Waals surface area contributed by atoms with Gasteiger partial charge in [0.15, 0.2) is 0 Å². The topological polar surface area (TPSA) is 71.5 Å². The highest BCUT2D eigenvalue weighted by molar-refractivity contribution is 5.69. The third-order valence-electron chi connectivity index (χ3n) is 3.77. The minimum absolute atomic E-state index is 0.431. The number of carbonyl (C=O) groups excluding carboxylic acids is 2. The van der Waals surface area contributed by atoms with E-state index in [-0.39, 0.29) is 0 Å². The van der Waals surface area contributed by atoms with Gasteiger partial charge < -0.3 is 15.0 Å². The Hall–Kier alpha value is -2.89. The molecule has 1 N–H and O–H groups in total. The Labute approximate surface area is 147 Å². The average molecular weight is 341 g/mol. The fourth-order valence-electron chi connectivity index (χ4n) is 2.74. The number of nitrogens with one attached hydrogen (secondary N) is 1. The molecule has 2 heterocycles. The van der Waals surface area contributed by atoms with Gasteiger partial charge in [0, 0.05) is 30.9 Å². The number of nitrogens with zero attached hydrogens (tertiary/aromatic N) is 2. The molecule has 0 unspecified atom stereocenters. The van der Waals surface area contributed by atoms with Crippen molar-refractivity contribution in [2.45, 2.75) is 33.1 Å². The smallest absolute Gasteiger partial charge is 0.213 e. The Bertz CT molecular complexity index is 708. The summed E-state index contributed by atoms with van der Waals surface area (Å²) in [7, 11) is 0. The number of pyridine rings is 1. The molecule has 0 bridgehead atoms. The maximum absolute atomic E-state index is 11.2. The fraction of sp³-hybridized carbons (Fsp3) is 0.316. The first-order chi connectivity index (χ1) is 12.3. The molecule has 0 saturated heterocycles. The lowest BCUT2D eigenvalue weighted by atomic mass is 10.0. The van der Waals surface area contributed by atoms with E-state index in [0.29, 0.717) is 30.2 Å². The summed E-state index contributed by atoms with van der Waals surface area (Å²) in [4.78, 5) is 27.4. The van der Waals surface area contributed by atoms with Crippen LogP contribution in [0.2, 0.25) is 0 Å². The van der Waals surface area contributed by atoms with Gasteiger partial charge in [-0.1, -0.05) is 19.9 Å². The molecule has 1 aliphatic carbocycles. The summed E-state index contributed by atoms with van der Waals surface area (Å²) in [5.74, 6) is 1.72. The van der Waals surface area contributed by atoms with E-state index in [9.17, 15) is 9.59 Å². The molecule has 1 aromatic rings. The minimum Gasteiger partial charge on any atom is -0.457 e. The van der Waals surface area contributed by atoms with Crippen LogP contribution >= 0.6 is 0 Å². The maximum atomic E-state index is 11.2. The minimum atomic E-state index is 0.431. The number of carbonyl (C=O) groups is 2. The quantitative estimate of drug-likeness (QED) is 0.833. The zero-order chi connectivity index (χ0) is 18.1. The summed E-state index contributed by atoms with van der Waals surface area (Å²) in [5, 5.41) is 2.49. The Morgan fingerprint density at radius 1 is 1.32 bits per heavy atom. The molecule has 0 spiro atoms. The molecule has 0 radical (unpaired) electrons. The van der Waals surface area contributed by atoms with Crippen LogP contribution in [0.15, 0.2) is 53.6 Å². The summed E-state index contributed by atoms with van der Waals surface area (Å²) in [5.41, 5.74) is 2.17. The van der Waals surface area contributed by atoms with Crippen molar-refractivity contribution in [3.05, 3.63) is 53.6 Å². The van der Waals surface area contributed by atoms with Gasteiger partial charge >= 0.3 is 0 Å². The van der Waals surface area contributed by atoms with E-state index in [1.165, 1.54) is 0 Å². The highest BCUT2D eigenvalue weighted by atomic mass is 16.5. The van der Waals surface area contributed by atoms with Crippen molar-refractivity contribution in [3.63, 3.8) is 0 Å². The fourth-order valence-corrected chi connectivity index (χ4v) is 2.74. The van der Waals surface area contributed by atoms with Crippen LogP contribution in [-0.4, -0.2) is 29.2 Å². The van der Waals surface area contributed by atoms with E-state index >= 15 is 0 Å². The molecule has 0 atom stereocenters. The van der Waals surface area contributed by atoms with Crippen LogP contribution in [0.3, 0.4) is 0 Å². The molecule has 0 saturated carbocycles. The summed E-state index contributed by atoms with van der Waals surface area (Å²) in [6.07, 6.45) is 11.5. The van der Waals surface area contributed by atoms with Crippen molar-refractivity contribution in [2.24, 2.45) is 0 Å². The predicted octanol–water partition coefficient (Wildman–Crippen LogP) is 3.41. The van der Waals surface area contributed by atoms with Gasteiger partial charge in [0.1, 0.15) is 17.3 Å². The molecule has 2 amide bonds. The van der Waals surface area contributed by atoms with Crippen molar-refractivity contribution in [3.8, 4) is 5.75 Å². The number of allylic oxidation sites excluding steroid dienone is 4. The number of anilines is 1. The molecular formula is C19H23N3O3. The third-order valence-corrected chi connectivity index (χ3v) is 3.77. The van der Waals surface area contributed by atoms with Crippen molar-refractivity contribution < 1.29 is 14.3 Å². The highest BCUT2D eigenvalue weighted by Crippen LogP contribution is 2.29.